The lowest BCUT2D eigenvalue weighted by Crippen LogP contribution is -2.42. The molecule has 1 N–H and O–H groups in total. The SMILES string of the molecule is CCCNC(C(=O)OC)C(C)C. The third kappa shape index (κ3) is 3.72. The van der Waals surface area contributed by atoms with Gasteiger partial charge in [-0.3, -0.25) is 4.79 Å². The Balaban J connectivity index is 3.95. The number of methoxy groups -OCH3 is 1. The van der Waals surface area contributed by atoms with Crippen molar-refractivity contribution < 1.29 is 9.53 Å². The van der Waals surface area contributed by atoms with E-state index in [9.17, 15) is 4.79 Å². The Bertz CT molecular complexity index is 134. The molecule has 0 radical (unpaired) electrons. The van der Waals surface area contributed by atoms with Gasteiger partial charge in [0.05, 0.1) is 7.11 Å². The lowest BCUT2D eigenvalue weighted by molar-refractivity contribution is -0.144. The quantitative estimate of drug-likeness (QED) is 0.634. The molecule has 0 aromatic heterocycles. The van der Waals surface area contributed by atoms with Crippen molar-refractivity contribution >= 4 is 5.97 Å². The highest BCUT2D eigenvalue weighted by Gasteiger charge is 2.21. The predicted molar refractivity (Wildman–Crippen MR) is 48.9 cm³/mol. The van der Waals surface area contributed by atoms with Crippen LogP contribution < -0.4 is 5.32 Å². The number of carbonyl (C=O) groups is 1. The van der Waals surface area contributed by atoms with E-state index in [1.165, 1.54) is 7.11 Å². The average molecular weight is 173 g/mol. The normalized spacial score (nSPS) is 13.1. The summed E-state index contributed by atoms with van der Waals surface area (Å²) in [6, 6.07) is -0.157. The Kier molecular flexibility index (Phi) is 5.72. The average Bonchev–Trinajstić information content (AvgIpc) is 2.04. The maximum absolute atomic E-state index is 11.2. The molecule has 0 aliphatic heterocycles. The second-order valence-corrected chi connectivity index (χ2v) is 3.20. The van der Waals surface area contributed by atoms with E-state index in [0.29, 0.717) is 0 Å². The van der Waals surface area contributed by atoms with Gasteiger partial charge in [0.25, 0.3) is 0 Å². The highest BCUT2D eigenvalue weighted by molar-refractivity contribution is 5.75. The fraction of sp³-hybridized carbons (Fsp3) is 0.889. The van der Waals surface area contributed by atoms with Crippen molar-refractivity contribution in [1.82, 2.24) is 5.32 Å². The molecule has 0 amide bonds. The van der Waals surface area contributed by atoms with Gasteiger partial charge < -0.3 is 10.1 Å². The summed E-state index contributed by atoms with van der Waals surface area (Å²) in [6.07, 6.45) is 1.03. The number of esters is 1. The summed E-state index contributed by atoms with van der Waals surface area (Å²) in [5.74, 6) is 0.113. The van der Waals surface area contributed by atoms with Gasteiger partial charge in [-0.25, -0.2) is 0 Å². The summed E-state index contributed by atoms with van der Waals surface area (Å²) in [7, 11) is 1.42. The van der Waals surface area contributed by atoms with Gasteiger partial charge in [-0.1, -0.05) is 20.8 Å². The fourth-order valence-electron chi connectivity index (χ4n) is 1.02. The second kappa shape index (κ2) is 6.00. The van der Waals surface area contributed by atoms with Crippen molar-refractivity contribution in [2.45, 2.75) is 33.2 Å². The van der Waals surface area contributed by atoms with Gasteiger partial charge >= 0.3 is 5.97 Å². The molecule has 3 nitrogen and oxygen atoms in total. The Hall–Kier alpha value is -0.570. The lowest BCUT2D eigenvalue weighted by Gasteiger charge is -2.19. The number of nitrogens with one attached hydrogen (secondary N) is 1. The van der Waals surface area contributed by atoms with Gasteiger partial charge in [0.2, 0.25) is 0 Å². The minimum Gasteiger partial charge on any atom is -0.468 e. The minimum absolute atomic E-state index is 0.157. The van der Waals surface area contributed by atoms with Gasteiger partial charge in [0, 0.05) is 0 Å². The summed E-state index contributed by atoms with van der Waals surface area (Å²) in [6.45, 7) is 6.94. The number of carbonyl (C=O) groups excluding carboxylic acids is 1. The van der Waals surface area contributed by atoms with Gasteiger partial charge in [-0.05, 0) is 18.9 Å². The first-order chi connectivity index (χ1) is 5.63. The molecule has 0 bridgehead atoms. The molecule has 12 heavy (non-hydrogen) atoms. The third-order valence-electron chi connectivity index (χ3n) is 1.74. The highest BCUT2D eigenvalue weighted by Crippen LogP contribution is 2.02. The van der Waals surface area contributed by atoms with E-state index < -0.39 is 0 Å². The maximum Gasteiger partial charge on any atom is 0.323 e. The van der Waals surface area contributed by atoms with E-state index in [-0.39, 0.29) is 17.9 Å². The van der Waals surface area contributed by atoms with E-state index in [1.807, 2.05) is 13.8 Å². The van der Waals surface area contributed by atoms with E-state index in [2.05, 4.69) is 17.0 Å². The summed E-state index contributed by atoms with van der Waals surface area (Å²) >= 11 is 0. The standard InChI is InChI=1S/C9H19NO2/c1-5-6-10-8(7(2)3)9(11)12-4/h7-8,10H,5-6H2,1-4H3. The van der Waals surface area contributed by atoms with Crippen LogP contribution in [0, 0.1) is 5.92 Å². The first-order valence-electron chi connectivity index (χ1n) is 4.44. The molecule has 0 rings (SSSR count). The van der Waals surface area contributed by atoms with Crippen LogP contribution in [0.5, 0.6) is 0 Å². The van der Waals surface area contributed by atoms with Crippen LogP contribution in [0.25, 0.3) is 0 Å². The Morgan fingerprint density at radius 1 is 1.50 bits per heavy atom. The van der Waals surface area contributed by atoms with E-state index in [1.54, 1.807) is 0 Å². The van der Waals surface area contributed by atoms with Gasteiger partial charge in [0.15, 0.2) is 0 Å². The summed E-state index contributed by atoms with van der Waals surface area (Å²) in [5.41, 5.74) is 0. The molecule has 0 aromatic rings. The van der Waals surface area contributed by atoms with E-state index in [4.69, 9.17) is 0 Å². The van der Waals surface area contributed by atoms with Crippen LogP contribution >= 0.6 is 0 Å². The van der Waals surface area contributed by atoms with Crippen LogP contribution in [-0.2, 0) is 9.53 Å². The van der Waals surface area contributed by atoms with Crippen molar-refractivity contribution in [2.24, 2.45) is 5.92 Å². The molecule has 0 spiro atoms. The summed E-state index contributed by atoms with van der Waals surface area (Å²) in [4.78, 5) is 11.2. The zero-order valence-corrected chi connectivity index (χ0v) is 8.39. The Morgan fingerprint density at radius 2 is 2.08 bits per heavy atom. The van der Waals surface area contributed by atoms with Crippen molar-refractivity contribution in [3.05, 3.63) is 0 Å². The highest BCUT2D eigenvalue weighted by atomic mass is 16.5. The molecule has 0 fully saturated rings. The van der Waals surface area contributed by atoms with Crippen LogP contribution in [0.2, 0.25) is 0 Å². The molecule has 72 valence electrons. The van der Waals surface area contributed by atoms with E-state index >= 15 is 0 Å². The number of hydrogen-bond acceptors (Lipinski definition) is 3. The first-order valence-corrected chi connectivity index (χ1v) is 4.44. The molecule has 0 saturated heterocycles. The van der Waals surface area contributed by atoms with Crippen LogP contribution in [0.3, 0.4) is 0 Å². The molecule has 1 unspecified atom stereocenters. The first kappa shape index (κ1) is 11.4. The zero-order valence-electron chi connectivity index (χ0n) is 8.39. The molecule has 0 saturated carbocycles. The molecule has 0 heterocycles. The van der Waals surface area contributed by atoms with Crippen LogP contribution in [0.15, 0.2) is 0 Å². The zero-order chi connectivity index (χ0) is 9.56. The minimum atomic E-state index is -0.168. The molecule has 1 atom stereocenters. The lowest BCUT2D eigenvalue weighted by atomic mass is 10.0. The largest absolute Gasteiger partial charge is 0.468 e. The van der Waals surface area contributed by atoms with Crippen LogP contribution in [-0.4, -0.2) is 25.7 Å². The van der Waals surface area contributed by atoms with Gasteiger partial charge in [-0.2, -0.15) is 0 Å². The van der Waals surface area contributed by atoms with Crippen molar-refractivity contribution in [2.75, 3.05) is 13.7 Å². The van der Waals surface area contributed by atoms with Crippen LogP contribution in [0.4, 0.5) is 0 Å². The summed E-state index contributed by atoms with van der Waals surface area (Å²) in [5, 5.41) is 3.14. The molecule has 0 aliphatic rings. The maximum atomic E-state index is 11.2. The van der Waals surface area contributed by atoms with Gasteiger partial charge in [-0.15, -0.1) is 0 Å². The smallest absolute Gasteiger partial charge is 0.323 e. The second-order valence-electron chi connectivity index (χ2n) is 3.20. The fourth-order valence-corrected chi connectivity index (χ4v) is 1.02. The summed E-state index contributed by atoms with van der Waals surface area (Å²) < 4.78 is 4.67. The molecule has 3 heteroatoms. The van der Waals surface area contributed by atoms with Crippen molar-refractivity contribution in [1.29, 1.82) is 0 Å². The van der Waals surface area contributed by atoms with Gasteiger partial charge in [0.1, 0.15) is 6.04 Å². The molecule has 0 aromatic carbocycles. The van der Waals surface area contributed by atoms with Crippen molar-refractivity contribution in [3.8, 4) is 0 Å². The van der Waals surface area contributed by atoms with Crippen LogP contribution in [0.1, 0.15) is 27.2 Å². The molecule has 0 aliphatic carbocycles. The monoisotopic (exact) mass is 173 g/mol. The topological polar surface area (TPSA) is 38.3 Å². The number of hydrogen-bond donors (Lipinski definition) is 1. The molecular weight excluding hydrogens is 154 g/mol. The Morgan fingerprint density at radius 3 is 2.42 bits per heavy atom. The Labute approximate surface area is 74.5 Å². The third-order valence-corrected chi connectivity index (χ3v) is 1.74. The van der Waals surface area contributed by atoms with Crippen molar-refractivity contribution in [3.63, 3.8) is 0 Å². The number of rotatable bonds is 5. The predicted octanol–water partition coefficient (Wildman–Crippen LogP) is 1.18. The van der Waals surface area contributed by atoms with E-state index in [0.717, 1.165) is 13.0 Å². The molecular formula is C9H19NO2. The number of ether oxygens (including phenoxy) is 1.